The first-order valence-electron chi connectivity index (χ1n) is 5.57. The molecule has 0 aromatic heterocycles. The van der Waals surface area contributed by atoms with E-state index in [-0.39, 0.29) is 22.7 Å². The number of rotatable bonds is 3. The number of carbonyl (C=O) groups is 2. The lowest BCUT2D eigenvalue weighted by Crippen LogP contribution is -2.31. The van der Waals surface area contributed by atoms with Crippen molar-refractivity contribution in [2.75, 3.05) is 5.32 Å². The minimum atomic E-state index is -1.09. The van der Waals surface area contributed by atoms with Gasteiger partial charge in [0.05, 0.1) is 5.56 Å². The Balaban J connectivity index is 2.04. The third-order valence-electron chi connectivity index (χ3n) is 2.83. The van der Waals surface area contributed by atoms with Crippen molar-refractivity contribution in [3.63, 3.8) is 0 Å². The number of benzene rings is 1. The highest BCUT2D eigenvalue weighted by atomic mass is 35.5. The van der Waals surface area contributed by atoms with Crippen LogP contribution in [0.25, 0.3) is 0 Å². The summed E-state index contributed by atoms with van der Waals surface area (Å²) in [7, 11) is 0. The summed E-state index contributed by atoms with van der Waals surface area (Å²) in [5.74, 6) is -0.582. The predicted molar refractivity (Wildman–Crippen MR) is 68.1 cm³/mol. The van der Waals surface area contributed by atoms with Gasteiger partial charge in [0, 0.05) is 16.8 Å². The molecule has 0 spiro atoms. The minimum Gasteiger partial charge on any atom is -0.478 e. The van der Waals surface area contributed by atoms with Crippen LogP contribution < -0.4 is 10.6 Å². The predicted octanol–water partition coefficient (Wildman–Crippen LogP) is 2.57. The number of amides is 2. The van der Waals surface area contributed by atoms with E-state index in [4.69, 9.17) is 16.7 Å². The second kappa shape index (κ2) is 4.86. The Morgan fingerprint density at radius 2 is 2.06 bits per heavy atom. The van der Waals surface area contributed by atoms with Gasteiger partial charge in [0.2, 0.25) is 0 Å². The van der Waals surface area contributed by atoms with Crippen molar-refractivity contribution in [1.29, 1.82) is 0 Å². The standard InChI is InChI=1S/C12H13ClN2O3/c1-6-2-10(6)15-12(18)14-9-4-7(11(16)17)3-8(13)5-9/h3-6,10H,2H2,1H3,(H,16,17)(H2,14,15,18). The first-order valence-corrected chi connectivity index (χ1v) is 5.95. The minimum absolute atomic E-state index is 0.0394. The van der Waals surface area contributed by atoms with Crippen molar-refractivity contribution in [3.8, 4) is 0 Å². The van der Waals surface area contributed by atoms with Gasteiger partial charge in [0.15, 0.2) is 0 Å². The van der Waals surface area contributed by atoms with E-state index in [0.717, 1.165) is 6.42 Å². The molecule has 2 atom stereocenters. The van der Waals surface area contributed by atoms with Crippen LogP contribution in [0.5, 0.6) is 0 Å². The average Bonchev–Trinajstić information content (AvgIpc) is 2.92. The molecule has 0 bridgehead atoms. The highest BCUT2D eigenvalue weighted by Crippen LogP contribution is 2.29. The van der Waals surface area contributed by atoms with Crippen molar-refractivity contribution in [3.05, 3.63) is 28.8 Å². The Bertz CT molecular complexity index is 504. The number of hydrogen-bond acceptors (Lipinski definition) is 2. The zero-order valence-corrected chi connectivity index (χ0v) is 10.5. The highest BCUT2D eigenvalue weighted by Gasteiger charge is 2.33. The Morgan fingerprint density at radius 1 is 1.39 bits per heavy atom. The molecular weight excluding hydrogens is 256 g/mol. The van der Waals surface area contributed by atoms with Crippen molar-refractivity contribution < 1.29 is 14.7 Å². The Labute approximate surface area is 109 Å². The number of carboxylic acid groups (broad SMARTS) is 1. The van der Waals surface area contributed by atoms with E-state index in [2.05, 4.69) is 10.6 Å². The number of halogens is 1. The summed E-state index contributed by atoms with van der Waals surface area (Å²) in [6.07, 6.45) is 0.976. The van der Waals surface area contributed by atoms with Gasteiger partial charge in [-0.1, -0.05) is 18.5 Å². The molecule has 1 aliphatic carbocycles. The molecule has 1 aliphatic rings. The molecule has 5 nitrogen and oxygen atoms in total. The van der Waals surface area contributed by atoms with Gasteiger partial charge < -0.3 is 15.7 Å². The SMILES string of the molecule is CC1CC1NC(=O)Nc1cc(Cl)cc(C(=O)O)c1. The van der Waals surface area contributed by atoms with Crippen LogP contribution in [0.15, 0.2) is 18.2 Å². The van der Waals surface area contributed by atoms with E-state index < -0.39 is 5.97 Å². The molecule has 3 N–H and O–H groups in total. The molecule has 1 saturated carbocycles. The van der Waals surface area contributed by atoms with Crippen LogP contribution in [-0.4, -0.2) is 23.1 Å². The summed E-state index contributed by atoms with van der Waals surface area (Å²) in [5.41, 5.74) is 0.406. The number of hydrogen-bond donors (Lipinski definition) is 3. The molecule has 1 fully saturated rings. The second-order valence-electron chi connectivity index (χ2n) is 4.45. The van der Waals surface area contributed by atoms with Gasteiger partial charge in [0.1, 0.15) is 0 Å². The molecule has 6 heteroatoms. The van der Waals surface area contributed by atoms with Crippen molar-refractivity contribution in [1.82, 2.24) is 5.32 Å². The summed E-state index contributed by atoms with van der Waals surface area (Å²) in [6, 6.07) is 4.07. The lowest BCUT2D eigenvalue weighted by Gasteiger charge is -2.08. The molecule has 2 unspecified atom stereocenters. The Morgan fingerprint density at radius 3 is 2.61 bits per heavy atom. The summed E-state index contributed by atoms with van der Waals surface area (Å²) >= 11 is 5.78. The molecule has 1 aromatic carbocycles. The highest BCUT2D eigenvalue weighted by molar-refractivity contribution is 6.31. The quantitative estimate of drug-likeness (QED) is 0.788. The maximum absolute atomic E-state index is 11.6. The fourth-order valence-corrected chi connectivity index (χ4v) is 1.88. The molecule has 18 heavy (non-hydrogen) atoms. The van der Waals surface area contributed by atoms with E-state index in [9.17, 15) is 9.59 Å². The lowest BCUT2D eigenvalue weighted by atomic mass is 10.2. The molecule has 0 heterocycles. The van der Waals surface area contributed by atoms with Gasteiger partial charge in [-0.25, -0.2) is 9.59 Å². The smallest absolute Gasteiger partial charge is 0.335 e. The fourth-order valence-electron chi connectivity index (χ4n) is 1.64. The molecule has 0 aliphatic heterocycles. The van der Waals surface area contributed by atoms with Crippen LogP contribution in [0.4, 0.5) is 10.5 Å². The van der Waals surface area contributed by atoms with Crippen molar-refractivity contribution in [2.24, 2.45) is 5.92 Å². The molecule has 2 rings (SSSR count). The van der Waals surface area contributed by atoms with Crippen LogP contribution in [0.2, 0.25) is 5.02 Å². The molecular formula is C12H13ClN2O3. The largest absolute Gasteiger partial charge is 0.478 e. The van der Waals surface area contributed by atoms with Crippen LogP contribution >= 0.6 is 11.6 Å². The number of nitrogens with one attached hydrogen (secondary N) is 2. The van der Waals surface area contributed by atoms with Gasteiger partial charge in [-0.05, 0) is 30.5 Å². The van der Waals surface area contributed by atoms with Crippen LogP contribution in [0.3, 0.4) is 0 Å². The number of urea groups is 1. The molecule has 0 radical (unpaired) electrons. The monoisotopic (exact) mass is 268 g/mol. The zero-order valence-electron chi connectivity index (χ0n) is 9.74. The lowest BCUT2D eigenvalue weighted by molar-refractivity contribution is 0.0697. The first kappa shape index (κ1) is 12.7. The zero-order chi connectivity index (χ0) is 13.3. The van der Waals surface area contributed by atoms with E-state index in [0.29, 0.717) is 11.6 Å². The van der Waals surface area contributed by atoms with E-state index >= 15 is 0 Å². The van der Waals surface area contributed by atoms with E-state index in [1.165, 1.54) is 18.2 Å². The molecule has 96 valence electrons. The van der Waals surface area contributed by atoms with Crippen molar-refractivity contribution >= 4 is 29.3 Å². The molecule has 2 amide bonds. The number of carboxylic acids is 1. The van der Waals surface area contributed by atoms with Gasteiger partial charge in [-0.2, -0.15) is 0 Å². The van der Waals surface area contributed by atoms with Crippen LogP contribution in [-0.2, 0) is 0 Å². The first-order chi connectivity index (χ1) is 8.45. The maximum atomic E-state index is 11.6. The summed E-state index contributed by atoms with van der Waals surface area (Å²) in [4.78, 5) is 22.4. The van der Waals surface area contributed by atoms with Crippen molar-refractivity contribution in [2.45, 2.75) is 19.4 Å². The third kappa shape index (κ3) is 3.13. The number of carbonyl (C=O) groups excluding carboxylic acids is 1. The normalized spacial score (nSPS) is 21.2. The number of aromatic carboxylic acids is 1. The summed E-state index contributed by atoms with van der Waals surface area (Å²) in [5, 5.41) is 14.5. The third-order valence-corrected chi connectivity index (χ3v) is 3.05. The summed E-state index contributed by atoms with van der Waals surface area (Å²) < 4.78 is 0. The van der Waals surface area contributed by atoms with Gasteiger partial charge in [0.25, 0.3) is 0 Å². The van der Waals surface area contributed by atoms with E-state index in [1.54, 1.807) is 0 Å². The van der Waals surface area contributed by atoms with Gasteiger partial charge >= 0.3 is 12.0 Å². The maximum Gasteiger partial charge on any atom is 0.335 e. The second-order valence-corrected chi connectivity index (χ2v) is 4.89. The van der Waals surface area contributed by atoms with Gasteiger partial charge in [-0.3, -0.25) is 0 Å². The summed E-state index contributed by atoms with van der Waals surface area (Å²) in [6.45, 7) is 2.05. The Hall–Kier alpha value is -1.75. The van der Waals surface area contributed by atoms with Gasteiger partial charge in [-0.15, -0.1) is 0 Å². The van der Waals surface area contributed by atoms with Crippen LogP contribution in [0.1, 0.15) is 23.7 Å². The Kier molecular flexibility index (Phi) is 3.43. The molecule has 1 aromatic rings. The van der Waals surface area contributed by atoms with E-state index in [1.807, 2.05) is 6.92 Å². The molecule has 0 saturated heterocycles. The number of anilines is 1. The van der Waals surface area contributed by atoms with Crippen LogP contribution in [0, 0.1) is 5.92 Å². The average molecular weight is 269 g/mol. The topological polar surface area (TPSA) is 78.4 Å². The fraction of sp³-hybridized carbons (Fsp3) is 0.333.